The number of fused-ring (bicyclic) bond motifs is 1. The van der Waals surface area contributed by atoms with Gasteiger partial charge < -0.3 is 4.42 Å². The average Bonchev–Trinajstić information content (AvgIpc) is 3.20. The Labute approximate surface area is 187 Å². The molecule has 0 saturated carbocycles. The van der Waals surface area contributed by atoms with Gasteiger partial charge in [0.15, 0.2) is 5.09 Å². The lowest BCUT2D eigenvalue weighted by atomic mass is 10.1. The lowest BCUT2D eigenvalue weighted by Gasteiger charge is -2.13. The summed E-state index contributed by atoms with van der Waals surface area (Å²) < 4.78 is 8.07. The molecule has 0 fully saturated rings. The molecule has 4 aromatic rings. The van der Waals surface area contributed by atoms with Gasteiger partial charge in [-0.1, -0.05) is 59.7 Å². The van der Waals surface area contributed by atoms with Crippen molar-refractivity contribution in [3.8, 4) is 0 Å². The van der Waals surface area contributed by atoms with E-state index in [1.807, 2.05) is 61.5 Å². The van der Waals surface area contributed by atoms with E-state index in [9.17, 15) is 4.79 Å². The number of aromatic nitrogens is 2. The quantitative estimate of drug-likeness (QED) is 0.303. The van der Waals surface area contributed by atoms with Crippen LogP contribution in [0, 0.1) is 0 Å². The highest BCUT2D eigenvalue weighted by Gasteiger charge is 2.15. The van der Waals surface area contributed by atoms with Crippen LogP contribution in [0.15, 0.2) is 89.4 Å². The molecule has 2 heterocycles. The Balaban J connectivity index is 1.70. The van der Waals surface area contributed by atoms with Crippen LogP contribution in [0.25, 0.3) is 10.9 Å². The molecular formula is C23H20BrN3O2S. The second-order valence-electron chi connectivity index (χ2n) is 6.87. The van der Waals surface area contributed by atoms with Crippen molar-refractivity contribution >= 4 is 44.8 Å². The summed E-state index contributed by atoms with van der Waals surface area (Å²) in [5.41, 5.74) is 0.475. The van der Waals surface area contributed by atoms with Crippen molar-refractivity contribution in [1.29, 1.82) is 0 Å². The highest BCUT2D eigenvalue weighted by atomic mass is 79.9. The molecule has 0 N–H and O–H groups in total. The fourth-order valence-corrected chi connectivity index (χ4v) is 4.12. The third-order valence-corrected chi connectivity index (χ3v) is 6.17. The van der Waals surface area contributed by atoms with Crippen LogP contribution in [0.4, 0.5) is 0 Å². The first-order valence-electron chi connectivity index (χ1n) is 9.64. The zero-order valence-corrected chi connectivity index (χ0v) is 19.0. The van der Waals surface area contributed by atoms with Crippen LogP contribution in [0.2, 0.25) is 0 Å². The maximum absolute atomic E-state index is 13.1. The Morgan fingerprint density at radius 3 is 2.77 bits per heavy atom. The van der Waals surface area contributed by atoms with Crippen molar-refractivity contribution in [2.45, 2.75) is 36.2 Å². The molecule has 2 aromatic carbocycles. The van der Waals surface area contributed by atoms with Crippen molar-refractivity contribution in [1.82, 2.24) is 9.66 Å². The van der Waals surface area contributed by atoms with E-state index in [2.05, 4.69) is 28.0 Å². The third kappa shape index (κ3) is 4.42. The van der Waals surface area contributed by atoms with Gasteiger partial charge in [0, 0.05) is 15.3 Å². The molecule has 0 aliphatic rings. The third-order valence-electron chi connectivity index (χ3n) is 4.75. The lowest BCUT2D eigenvalue weighted by molar-refractivity contribution is 0.468. The van der Waals surface area contributed by atoms with E-state index in [1.165, 1.54) is 16.4 Å². The van der Waals surface area contributed by atoms with E-state index in [-0.39, 0.29) is 11.5 Å². The SMILES string of the molecule is CC[C@H](C)c1nc2ccc(Br)cc2c(=O)n1N=Cc1ccc(Sc2ccccc2)o1. The van der Waals surface area contributed by atoms with E-state index in [0.717, 1.165) is 20.9 Å². The summed E-state index contributed by atoms with van der Waals surface area (Å²) in [5.74, 6) is 1.30. The second kappa shape index (κ2) is 9.02. The molecule has 4 rings (SSSR count). The highest BCUT2D eigenvalue weighted by molar-refractivity contribution is 9.10. The maximum atomic E-state index is 13.1. The first kappa shape index (κ1) is 20.6. The molecule has 0 saturated heterocycles. The smallest absolute Gasteiger partial charge is 0.282 e. The summed E-state index contributed by atoms with van der Waals surface area (Å²) in [6, 6.07) is 19.3. The molecule has 152 valence electrons. The van der Waals surface area contributed by atoms with Crippen LogP contribution in [0.5, 0.6) is 0 Å². The van der Waals surface area contributed by atoms with Crippen LogP contribution in [0.1, 0.15) is 37.8 Å². The Morgan fingerprint density at radius 1 is 1.20 bits per heavy atom. The topological polar surface area (TPSA) is 60.4 Å². The van der Waals surface area contributed by atoms with E-state index in [0.29, 0.717) is 22.5 Å². The first-order valence-corrected chi connectivity index (χ1v) is 11.3. The molecule has 0 aliphatic carbocycles. The zero-order valence-electron chi connectivity index (χ0n) is 16.6. The predicted octanol–water partition coefficient (Wildman–Crippen LogP) is 6.30. The van der Waals surface area contributed by atoms with Crippen molar-refractivity contribution < 1.29 is 4.42 Å². The molecule has 0 bridgehead atoms. The van der Waals surface area contributed by atoms with Gasteiger partial charge in [0.05, 0.1) is 17.1 Å². The fourth-order valence-electron chi connectivity index (χ4n) is 2.96. The monoisotopic (exact) mass is 481 g/mol. The van der Waals surface area contributed by atoms with Gasteiger partial charge in [0.1, 0.15) is 11.6 Å². The Kier molecular flexibility index (Phi) is 6.20. The second-order valence-corrected chi connectivity index (χ2v) is 8.87. The summed E-state index contributed by atoms with van der Waals surface area (Å²) in [5, 5.41) is 5.73. The van der Waals surface area contributed by atoms with E-state index >= 15 is 0 Å². The molecule has 2 aromatic heterocycles. The minimum Gasteiger partial charge on any atom is -0.448 e. The van der Waals surface area contributed by atoms with Gasteiger partial charge in [-0.15, -0.1) is 0 Å². The van der Waals surface area contributed by atoms with Gasteiger partial charge in [0.2, 0.25) is 0 Å². The number of nitrogens with zero attached hydrogens (tertiary/aromatic N) is 3. The van der Waals surface area contributed by atoms with Crippen LogP contribution < -0.4 is 5.56 Å². The molecular weight excluding hydrogens is 462 g/mol. The molecule has 0 unspecified atom stereocenters. The number of benzene rings is 2. The van der Waals surface area contributed by atoms with Crippen LogP contribution in [-0.4, -0.2) is 15.9 Å². The Bertz CT molecular complexity index is 1260. The van der Waals surface area contributed by atoms with Gasteiger partial charge in [-0.25, -0.2) is 4.98 Å². The zero-order chi connectivity index (χ0) is 21.1. The fraction of sp³-hybridized carbons (Fsp3) is 0.174. The summed E-state index contributed by atoms with van der Waals surface area (Å²) >= 11 is 4.96. The highest BCUT2D eigenvalue weighted by Crippen LogP contribution is 2.28. The Morgan fingerprint density at radius 2 is 2.00 bits per heavy atom. The van der Waals surface area contributed by atoms with Crippen molar-refractivity contribution in [3.63, 3.8) is 0 Å². The predicted molar refractivity (Wildman–Crippen MR) is 125 cm³/mol. The maximum Gasteiger partial charge on any atom is 0.282 e. The van der Waals surface area contributed by atoms with E-state index in [4.69, 9.17) is 9.40 Å². The molecule has 30 heavy (non-hydrogen) atoms. The van der Waals surface area contributed by atoms with E-state index in [1.54, 1.807) is 12.3 Å². The normalized spacial score (nSPS) is 12.6. The molecule has 0 radical (unpaired) electrons. The molecule has 0 aliphatic heterocycles. The molecule has 5 nitrogen and oxygen atoms in total. The standard InChI is InChI=1S/C23H20BrN3O2S/c1-3-15(2)22-26-20-11-9-16(24)13-19(20)23(28)27(22)25-14-17-10-12-21(29-17)30-18-7-5-4-6-8-18/h4-15H,3H2,1-2H3/t15-/m0/s1. The van der Waals surface area contributed by atoms with E-state index < -0.39 is 0 Å². The average molecular weight is 482 g/mol. The molecule has 7 heteroatoms. The molecule has 0 amide bonds. The number of furan rings is 1. The van der Waals surface area contributed by atoms with Gasteiger partial charge >= 0.3 is 0 Å². The molecule has 0 spiro atoms. The number of halogens is 1. The Hall–Kier alpha value is -2.64. The van der Waals surface area contributed by atoms with Gasteiger partial charge in [-0.2, -0.15) is 9.78 Å². The van der Waals surface area contributed by atoms with Crippen molar-refractivity contribution in [2.24, 2.45) is 5.10 Å². The van der Waals surface area contributed by atoms with Crippen molar-refractivity contribution in [3.05, 3.63) is 87.1 Å². The van der Waals surface area contributed by atoms with Gasteiger partial charge in [-0.3, -0.25) is 4.79 Å². The van der Waals surface area contributed by atoms with Crippen LogP contribution in [-0.2, 0) is 0 Å². The largest absolute Gasteiger partial charge is 0.448 e. The summed E-state index contributed by atoms with van der Waals surface area (Å²) in [6.45, 7) is 4.11. The molecule has 1 atom stereocenters. The van der Waals surface area contributed by atoms with Crippen LogP contribution in [0.3, 0.4) is 0 Å². The van der Waals surface area contributed by atoms with Crippen LogP contribution >= 0.6 is 27.7 Å². The minimum atomic E-state index is -0.196. The van der Waals surface area contributed by atoms with Gasteiger partial charge in [0.25, 0.3) is 5.56 Å². The number of hydrogen-bond donors (Lipinski definition) is 0. The lowest BCUT2D eigenvalue weighted by Crippen LogP contribution is -2.23. The summed E-state index contributed by atoms with van der Waals surface area (Å²) in [4.78, 5) is 19.0. The van der Waals surface area contributed by atoms with Gasteiger partial charge in [-0.05, 0) is 48.9 Å². The summed E-state index contributed by atoms with van der Waals surface area (Å²) in [7, 11) is 0. The number of hydrogen-bond acceptors (Lipinski definition) is 5. The minimum absolute atomic E-state index is 0.0868. The summed E-state index contributed by atoms with van der Waals surface area (Å²) in [6.07, 6.45) is 2.41. The first-order chi connectivity index (χ1) is 14.5. The van der Waals surface area contributed by atoms with Crippen molar-refractivity contribution in [2.75, 3.05) is 0 Å². The number of rotatable bonds is 6.